The minimum absolute atomic E-state index is 0.267. The summed E-state index contributed by atoms with van der Waals surface area (Å²) in [6.07, 6.45) is 6.25. The third-order valence-corrected chi connectivity index (χ3v) is 1.70. The molecule has 1 heterocycles. The largest absolute Gasteiger partial charge is 0.383 e. The molecule has 1 aromatic rings. The Hall–Kier alpha value is -1.86. The number of nitrogens with two attached hydrogens (primary N) is 2. The van der Waals surface area contributed by atoms with Gasteiger partial charge in [-0.05, 0) is 24.6 Å². The third kappa shape index (κ3) is 2.57. The molecule has 14 heavy (non-hydrogen) atoms. The van der Waals surface area contributed by atoms with Crippen molar-refractivity contribution >= 4 is 11.9 Å². The second-order valence-electron chi connectivity index (χ2n) is 2.79. The first-order valence-corrected chi connectivity index (χ1v) is 4.30. The van der Waals surface area contributed by atoms with Crippen molar-refractivity contribution in [3.05, 3.63) is 29.5 Å². The van der Waals surface area contributed by atoms with Crippen molar-refractivity contribution < 1.29 is 0 Å². The average Bonchev–Trinajstić information content (AvgIpc) is 2.21. The second-order valence-corrected chi connectivity index (χ2v) is 2.79. The monoisotopic (exact) mass is 188 g/mol. The molecule has 0 radical (unpaired) electrons. The number of anilines is 1. The molecule has 0 bridgehead atoms. The summed E-state index contributed by atoms with van der Waals surface area (Å²) in [5, 5.41) is 8.70. The minimum atomic E-state index is 0.267. The van der Waals surface area contributed by atoms with E-state index in [0.29, 0.717) is 12.1 Å². The van der Waals surface area contributed by atoms with Crippen LogP contribution in [0.1, 0.15) is 17.5 Å². The van der Waals surface area contributed by atoms with Crippen LogP contribution in [0.25, 0.3) is 6.08 Å². The van der Waals surface area contributed by atoms with Gasteiger partial charge in [-0.2, -0.15) is 5.26 Å². The van der Waals surface area contributed by atoms with Gasteiger partial charge in [-0.3, -0.25) is 0 Å². The minimum Gasteiger partial charge on any atom is -0.383 e. The first kappa shape index (κ1) is 10.2. The Morgan fingerprint density at radius 3 is 3.00 bits per heavy atom. The van der Waals surface area contributed by atoms with Gasteiger partial charge in [-0.15, -0.1) is 0 Å². The van der Waals surface area contributed by atoms with E-state index in [4.69, 9.17) is 16.7 Å². The molecule has 0 fully saturated rings. The third-order valence-electron chi connectivity index (χ3n) is 1.70. The molecule has 0 spiro atoms. The maximum Gasteiger partial charge on any atom is 0.141 e. The number of nitrogen functional groups attached to an aromatic ring is 1. The molecule has 0 aromatic carbocycles. The molecule has 0 aliphatic carbocycles. The van der Waals surface area contributed by atoms with Crippen LogP contribution >= 0.6 is 0 Å². The fraction of sp³-hybridized carbons (Fsp3) is 0.200. The van der Waals surface area contributed by atoms with E-state index in [0.717, 1.165) is 12.0 Å². The summed E-state index contributed by atoms with van der Waals surface area (Å²) < 4.78 is 0. The summed E-state index contributed by atoms with van der Waals surface area (Å²) in [7, 11) is 0. The van der Waals surface area contributed by atoms with Gasteiger partial charge in [0.2, 0.25) is 0 Å². The number of rotatable bonds is 3. The number of hydrogen-bond acceptors (Lipinski definition) is 4. The zero-order chi connectivity index (χ0) is 10.4. The molecular weight excluding hydrogens is 176 g/mol. The Morgan fingerprint density at radius 1 is 1.57 bits per heavy atom. The molecule has 1 rings (SSSR count). The van der Waals surface area contributed by atoms with Crippen LogP contribution in [0.4, 0.5) is 5.82 Å². The summed E-state index contributed by atoms with van der Waals surface area (Å²) >= 11 is 0. The molecule has 0 amide bonds. The van der Waals surface area contributed by atoms with Crippen molar-refractivity contribution in [3.63, 3.8) is 0 Å². The maximum atomic E-state index is 8.70. The molecule has 72 valence electrons. The zero-order valence-corrected chi connectivity index (χ0v) is 7.77. The predicted octanol–water partition coefficient (Wildman–Crippen LogP) is 0.897. The lowest BCUT2D eigenvalue weighted by Crippen LogP contribution is -1.96. The standard InChI is InChI=1S/C10H12N4/c11-4-2-1-3-8-5-9(6-12)10(13)14-7-8/h1,3,5,7H,2,4,11H2,(H2,13,14). The highest BCUT2D eigenvalue weighted by molar-refractivity contribution is 5.57. The van der Waals surface area contributed by atoms with Crippen LogP contribution in [0.15, 0.2) is 18.3 Å². The molecule has 0 unspecified atom stereocenters. The number of aromatic nitrogens is 1. The Labute approximate surface area is 82.9 Å². The van der Waals surface area contributed by atoms with Crippen LogP contribution in [0, 0.1) is 11.3 Å². The lowest BCUT2D eigenvalue weighted by molar-refractivity contribution is 1.01. The summed E-state index contributed by atoms with van der Waals surface area (Å²) in [6.45, 7) is 0.615. The first-order chi connectivity index (χ1) is 6.77. The van der Waals surface area contributed by atoms with Crippen LogP contribution in [-0.2, 0) is 0 Å². The highest BCUT2D eigenvalue weighted by Gasteiger charge is 1.98. The zero-order valence-electron chi connectivity index (χ0n) is 7.77. The molecule has 4 N–H and O–H groups in total. The van der Waals surface area contributed by atoms with Gasteiger partial charge < -0.3 is 11.5 Å². The second kappa shape index (κ2) is 5.00. The van der Waals surface area contributed by atoms with Crippen LogP contribution in [0.2, 0.25) is 0 Å². The van der Waals surface area contributed by atoms with Crippen molar-refractivity contribution in [3.8, 4) is 6.07 Å². The summed E-state index contributed by atoms with van der Waals surface area (Å²) in [5.41, 5.74) is 12.1. The smallest absolute Gasteiger partial charge is 0.141 e. The molecule has 0 aliphatic heterocycles. The molecule has 0 saturated heterocycles. The first-order valence-electron chi connectivity index (χ1n) is 4.30. The van der Waals surface area contributed by atoms with Crippen molar-refractivity contribution in [1.82, 2.24) is 4.98 Å². The lowest BCUT2D eigenvalue weighted by Gasteiger charge is -1.97. The summed E-state index contributed by atoms with van der Waals surface area (Å²) in [5.74, 6) is 0.267. The number of nitrogens with zero attached hydrogens (tertiary/aromatic N) is 2. The lowest BCUT2D eigenvalue weighted by atomic mass is 10.2. The van der Waals surface area contributed by atoms with Gasteiger partial charge in [0.1, 0.15) is 11.9 Å². The number of hydrogen-bond donors (Lipinski definition) is 2. The van der Waals surface area contributed by atoms with E-state index >= 15 is 0 Å². The van der Waals surface area contributed by atoms with Crippen molar-refractivity contribution in [2.75, 3.05) is 12.3 Å². The highest BCUT2D eigenvalue weighted by atomic mass is 14.8. The Morgan fingerprint density at radius 2 is 2.36 bits per heavy atom. The Kier molecular flexibility index (Phi) is 3.65. The van der Waals surface area contributed by atoms with Gasteiger partial charge in [-0.1, -0.05) is 12.2 Å². The van der Waals surface area contributed by atoms with Crippen molar-refractivity contribution in [2.45, 2.75) is 6.42 Å². The van der Waals surface area contributed by atoms with Crippen LogP contribution < -0.4 is 11.5 Å². The maximum absolute atomic E-state index is 8.70. The molecule has 0 atom stereocenters. The van der Waals surface area contributed by atoms with Crippen LogP contribution in [0.5, 0.6) is 0 Å². The van der Waals surface area contributed by atoms with E-state index in [1.165, 1.54) is 0 Å². The van der Waals surface area contributed by atoms with Gasteiger partial charge in [-0.25, -0.2) is 4.98 Å². The molecular formula is C10H12N4. The SMILES string of the molecule is N#Cc1cc(C=CCCN)cnc1N. The summed E-state index contributed by atoms with van der Waals surface area (Å²) in [6, 6.07) is 3.68. The highest BCUT2D eigenvalue weighted by Crippen LogP contribution is 2.10. The van der Waals surface area contributed by atoms with Crippen molar-refractivity contribution in [2.24, 2.45) is 5.73 Å². The van der Waals surface area contributed by atoms with E-state index in [1.807, 2.05) is 18.2 Å². The van der Waals surface area contributed by atoms with Crippen molar-refractivity contribution in [1.29, 1.82) is 5.26 Å². The fourth-order valence-electron chi connectivity index (χ4n) is 0.988. The normalized spacial score (nSPS) is 10.3. The number of pyridine rings is 1. The Balaban J connectivity index is 2.86. The van der Waals surface area contributed by atoms with Gasteiger partial charge in [0.25, 0.3) is 0 Å². The van der Waals surface area contributed by atoms with E-state index in [-0.39, 0.29) is 5.82 Å². The molecule has 1 aromatic heterocycles. The van der Waals surface area contributed by atoms with E-state index < -0.39 is 0 Å². The molecule has 0 saturated carbocycles. The van der Waals surface area contributed by atoms with Crippen LogP contribution in [0.3, 0.4) is 0 Å². The van der Waals surface area contributed by atoms with E-state index in [2.05, 4.69) is 4.98 Å². The van der Waals surface area contributed by atoms with Gasteiger partial charge in [0.15, 0.2) is 0 Å². The topological polar surface area (TPSA) is 88.7 Å². The quantitative estimate of drug-likeness (QED) is 0.737. The average molecular weight is 188 g/mol. The van der Waals surface area contributed by atoms with E-state index in [1.54, 1.807) is 12.3 Å². The Bertz CT molecular complexity index is 376. The summed E-state index contributed by atoms with van der Waals surface area (Å²) in [4.78, 5) is 3.90. The van der Waals surface area contributed by atoms with Gasteiger partial charge >= 0.3 is 0 Å². The predicted molar refractivity (Wildman–Crippen MR) is 56.1 cm³/mol. The van der Waals surface area contributed by atoms with Gasteiger partial charge in [0, 0.05) is 6.20 Å². The molecule has 0 aliphatic rings. The van der Waals surface area contributed by atoms with E-state index in [9.17, 15) is 0 Å². The molecule has 4 heteroatoms. The van der Waals surface area contributed by atoms with Crippen LogP contribution in [-0.4, -0.2) is 11.5 Å². The fourth-order valence-corrected chi connectivity index (χ4v) is 0.988. The number of nitriles is 1. The van der Waals surface area contributed by atoms with Gasteiger partial charge in [0.05, 0.1) is 5.56 Å². The molecule has 4 nitrogen and oxygen atoms in total.